The van der Waals surface area contributed by atoms with Gasteiger partial charge in [0.25, 0.3) is 5.91 Å². The first kappa shape index (κ1) is 28.8. The summed E-state index contributed by atoms with van der Waals surface area (Å²) in [5.74, 6) is 1.07. The quantitative estimate of drug-likeness (QED) is 0.294. The summed E-state index contributed by atoms with van der Waals surface area (Å²) in [6.07, 6.45) is 5.64. The lowest BCUT2D eigenvalue weighted by atomic mass is 9.94. The maximum absolute atomic E-state index is 13.8. The molecular formula is C34H41N3O4. The van der Waals surface area contributed by atoms with Crippen molar-refractivity contribution in [1.29, 1.82) is 0 Å². The van der Waals surface area contributed by atoms with Crippen molar-refractivity contribution in [2.75, 3.05) is 25.1 Å². The number of ether oxygens (including phenoxy) is 1. The molecular weight excluding hydrogens is 514 g/mol. The SMILES string of the molecule is COc1cccc(CNC[C@@H](O)[C@H](Cc2ccccc2)NC(=O)c2cc(C3CCCC3)cc(N3CCCC3=O)c2)c1. The van der Waals surface area contributed by atoms with Gasteiger partial charge in [-0.3, -0.25) is 9.59 Å². The van der Waals surface area contributed by atoms with Gasteiger partial charge in [-0.1, -0.05) is 55.3 Å². The fraction of sp³-hybridized carbons (Fsp3) is 0.412. The molecule has 2 amide bonds. The molecule has 7 nitrogen and oxygen atoms in total. The van der Waals surface area contributed by atoms with Crippen LogP contribution in [0.5, 0.6) is 5.75 Å². The van der Waals surface area contributed by atoms with Crippen molar-refractivity contribution >= 4 is 17.5 Å². The Labute approximate surface area is 242 Å². The number of carbonyl (C=O) groups is 2. The van der Waals surface area contributed by atoms with E-state index < -0.39 is 12.1 Å². The number of benzene rings is 3. The Hall–Kier alpha value is -3.68. The molecule has 7 heteroatoms. The molecule has 0 spiro atoms. The van der Waals surface area contributed by atoms with Gasteiger partial charge < -0.3 is 25.4 Å². The van der Waals surface area contributed by atoms with Crippen LogP contribution in [-0.2, 0) is 17.8 Å². The fourth-order valence-electron chi connectivity index (χ4n) is 6.03. The summed E-state index contributed by atoms with van der Waals surface area (Å²) in [5, 5.41) is 17.8. The zero-order valence-electron chi connectivity index (χ0n) is 23.9. The third-order valence-corrected chi connectivity index (χ3v) is 8.31. The molecule has 0 radical (unpaired) electrons. The van der Waals surface area contributed by atoms with E-state index in [9.17, 15) is 14.7 Å². The van der Waals surface area contributed by atoms with Crippen LogP contribution in [-0.4, -0.2) is 49.3 Å². The third-order valence-electron chi connectivity index (χ3n) is 8.31. The molecule has 0 bridgehead atoms. The maximum atomic E-state index is 13.8. The minimum absolute atomic E-state index is 0.111. The smallest absolute Gasteiger partial charge is 0.251 e. The molecule has 2 aliphatic rings. The van der Waals surface area contributed by atoms with Crippen molar-refractivity contribution in [2.24, 2.45) is 0 Å². The molecule has 1 aliphatic heterocycles. The average molecular weight is 556 g/mol. The molecule has 3 aromatic rings. The van der Waals surface area contributed by atoms with Crippen molar-refractivity contribution in [3.63, 3.8) is 0 Å². The Kier molecular flexibility index (Phi) is 9.70. The molecule has 2 fully saturated rings. The summed E-state index contributed by atoms with van der Waals surface area (Å²) in [6, 6.07) is 23.1. The molecule has 216 valence electrons. The first-order valence-electron chi connectivity index (χ1n) is 14.8. The summed E-state index contributed by atoms with van der Waals surface area (Å²) < 4.78 is 5.31. The zero-order chi connectivity index (χ0) is 28.6. The topological polar surface area (TPSA) is 90.9 Å². The normalized spacial score (nSPS) is 17.0. The first-order chi connectivity index (χ1) is 20.0. The Morgan fingerprint density at radius 2 is 1.78 bits per heavy atom. The molecule has 1 heterocycles. The molecule has 41 heavy (non-hydrogen) atoms. The van der Waals surface area contributed by atoms with Gasteiger partial charge in [0.2, 0.25) is 5.91 Å². The van der Waals surface area contributed by atoms with E-state index in [-0.39, 0.29) is 11.8 Å². The maximum Gasteiger partial charge on any atom is 0.251 e. The standard InChI is InChI=1S/C34H41N3O4/c1-41-30-14-7-11-25(17-30)22-35-23-32(38)31(18-24-9-3-2-4-10-24)36-34(40)28-19-27(26-12-5-6-13-26)20-29(21-28)37-16-8-15-33(37)39/h2-4,7,9-11,14,17,19-21,26,31-32,35,38H,5-6,8,12-13,15-16,18,22-23H2,1H3,(H,36,40)/t31-,32+/m0/s1. The predicted octanol–water partition coefficient (Wildman–Crippen LogP) is 4.97. The van der Waals surface area contributed by atoms with Crippen molar-refractivity contribution in [3.05, 3.63) is 95.1 Å². The lowest BCUT2D eigenvalue weighted by molar-refractivity contribution is -0.117. The van der Waals surface area contributed by atoms with Crippen LogP contribution >= 0.6 is 0 Å². The molecule has 1 aliphatic carbocycles. The van der Waals surface area contributed by atoms with E-state index in [1.54, 1.807) is 7.11 Å². The molecule has 5 rings (SSSR count). The van der Waals surface area contributed by atoms with Crippen LogP contribution in [0.2, 0.25) is 0 Å². The number of nitrogens with zero attached hydrogens (tertiary/aromatic N) is 1. The number of hydrogen-bond donors (Lipinski definition) is 3. The molecule has 3 N–H and O–H groups in total. The van der Waals surface area contributed by atoms with Crippen molar-refractivity contribution in [2.45, 2.75) is 69.6 Å². The van der Waals surface area contributed by atoms with Gasteiger partial charge in [-0.05, 0) is 78.6 Å². The van der Waals surface area contributed by atoms with Gasteiger partial charge in [-0.2, -0.15) is 0 Å². The van der Waals surface area contributed by atoms with E-state index in [2.05, 4.69) is 16.7 Å². The van der Waals surface area contributed by atoms with Gasteiger partial charge in [0, 0.05) is 37.3 Å². The number of aliphatic hydroxyl groups excluding tert-OH is 1. The number of rotatable bonds is 12. The molecule has 3 aromatic carbocycles. The van der Waals surface area contributed by atoms with E-state index in [1.807, 2.05) is 71.6 Å². The van der Waals surface area contributed by atoms with E-state index in [1.165, 1.54) is 12.8 Å². The predicted molar refractivity (Wildman–Crippen MR) is 161 cm³/mol. The highest BCUT2D eigenvalue weighted by molar-refractivity contribution is 5.99. The van der Waals surface area contributed by atoms with Crippen molar-refractivity contribution in [3.8, 4) is 5.75 Å². The van der Waals surface area contributed by atoms with Gasteiger partial charge in [-0.15, -0.1) is 0 Å². The van der Waals surface area contributed by atoms with E-state index >= 15 is 0 Å². The van der Waals surface area contributed by atoms with Crippen LogP contribution in [0.4, 0.5) is 5.69 Å². The number of carbonyl (C=O) groups excluding carboxylic acids is 2. The van der Waals surface area contributed by atoms with Gasteiger partial charge in [0.05, 0.1) is 19.3 Å². The lowest BCUT2D eigenvalue weighted by Crippen LogP contribution is -2.48. The summed E-state index contributed by atoms with van der Waals surface area (Å²) in [5.41, 5.74) is 4.56. The molecule has 2 atom stereocenters. The zero-order valence-corrected chi connectivity index (χ0v) is 23.9. The Morgan fingerprint density at radius 3 is 2.51 bits per heavy atom. The fourth-order valence-corrected chi connectivity index (χ4v) is 6.03. The number of nitrogens with one attached hydrogen (secondary N) is 2. The van der Waals surface area contributed by atoms with Crippen molar-refractivity contribution < 1.29 is 19.4 Å². The number of anilines is 1. The monoisotopic (exact) mass is 555 g/mol. The second-order valence-corrected chi connectivity index (χ2v) is 11.3. The number of amides is 2. The minimum atomic E-state index is -0.817. The molecule has 0 aromatic heterocycles. The van der Waals surface area contributed by atoms with Gasteiger partial charge >= 0.3 is 0 Å². The summed E-state index contributed by atoms with van der Waals surface area (Å²) in [6.45, 7) is 1.56. The largest absolute Gasteiger partial charge is 0.497 e. The van der Waals surface area contributed by atoms with Crippen LogP contribution < -0.4 is 20.3 Å². The molecule has 0 unspecified atom stereocenters. The van der Waals surface area contributed by atoms with Crippen LogP contribution in [0.15, 0.2) is 72.8 Å². The van der Waals surface area contributed by atoms with Crippen LogP contribution in [0.1, 0.15) is 71.5 Å². The third kappa shape index (κ3) is 7.54. The Balaban J connectivity index is 1.33. The average Bonchev–Trinajstić information content (AvgIpc) is 3.69. The number of hydrogen-bond acceptors (Lipinski definition) is 5. The highest BCUT2D eigenvalue weighted by atomic mass is 16.5. The highest BCUT2D eigenvalue weighted by Crippen LogP contribution is 2.37. The van der Waals surface area contributed by atoms with Gasteiger partial charge in [0.15, 0.2) is 0 Å². The number of aliphatic hydroxyl groups is 1. The van der Waals surface area contributed by atoms with Gasteiger partial charge in [-0.25, -0.2) is 0 Å². The lowest BCUT2D eigenvalue weighted by Gasteiger charge is -2.26. The summed E-state index contributed by atoms with van der Waals surface area (Å²) in [7, 11) is 1.64. The minimum Gasteiger partial charge on any atom is -0.497 e. The first-order valence-corrected chi connectivity index (χ1v) is 14.8. The number of methoxy groups -OCH3 is 1. The van der Waals surface area contributed by atoms with Crippen LogP contribution in [0.3, 0.4) is 0 Å². The highest BCUT2D eigenvalue weighted by Gasteiger charge is 2.27. The van der Waals surface area contributed by atoms with E-state index in [4.69, 9.17) is 4.74 Å². The van der Waals surface area contributed by atoms with Gasteiger partial charge in [0.1, 0.15) is 5.75 Å². The Bertz CT molecular complexity index is 1320. The van der Waals surface area contributed by atoms with Crippen LogP contribution in [0, 0.1) is 0 Å². The summed E-state index contributed by atoms with van der Waals surface area (Å²) >= 11 is 0. The second-order valence-electron chi connectivity index (χ2n) is 11.3. The summed E-state index contributed by atoms with van der Waals surface area (Å²) in [4.78, 5) is 28.2. The molecule has 1 saturated heterocycles. The molecule has 1 saturated carbocycles. The van der Waals surface area contributed by atoms with Crippen LogP contribution in [0.25, 0.3) is 0 Å². The van der Waals surface area contributed by atoms with E-state index in [0.717, 1.165) is 47.4 Å². The van der Waals surface area contributed by atoms with E-state index in [0.29, 0.717) is 44.0 Å². The second kappa shape index (κ2) is 13.8. The van der Waals surface area contributed by atoms with Crippen molar-refractivity contribution in [1.82, 2.24) is 10.6 Å². The Morgan fingerprint density at radius 1 is 1.00 bits per heavy atom.